The van der Waals surface area contributed by atoms with E-state index in [4.69, 9.17) is 12.2 Å². The minimum atomic E-state index is 0.593. The Morgan fingerprint density at radius 2 is 1.85 bits per heavy atom. The quantitative estimate of drug-likeness (QED) is 0.861. The van der Waals surface area contributed by atoms with Crippen LogP contribution in [0.3, 0.4) is 0 Å². The van der Waals surface area contributed by atoms with Gasteiger partial charge in [-0.3, -0.25) is 4.98 Å². The maximum Gasteiger partial charge on any atom is 0.169 e. The molecule has 1 aromatic heterocycles. The van der Waals surface area contributed by atoms with Crippen molar-refractivity contribution in [2.75, 3.05) is 0 Å². The third-order valence-electron chi connectivity index (χ3n) is 4.28. The van der Waals surface area contributed by atoms with Crippen LogP contribution in [-0.2, 0) is 6.54 Å². The largest absolute Gasteiger partial charge is 0.360 e. The van der Waals surface area contributed by atoms with Crippen LogP contribution in [0.5, 0.6) is 0 Å². The number of nitrogens with one attached hydrogen (secondary N) is 1. The Balaban J connectivity index is 1.59. The van der Waals surface area contributed by atoms with Gasteiger partial charge in [-0.05, 0) is 55.6 Å². The molecule has 2 aliphatic rings. The van der Waals surface area contributed by atoms with Gasteiger partial charge in [-0.25, -0.2) is 0 Å². The summed E-state index contributed by atoms with van der Waals surface area (Å²) in [6.45, 7) is 0.908. The van der Waals surface area contributed by atoms with Gasteiger partial charge in [-0.1, -0.05) is 19.3 Å². The van der Waals surface area contributed by atoms with Gasteiger partial charge in [0.15, 0.2) is 5.11 Å². The number of nitrogens with zero attached hydrogens (tertiary/aromatic N) is 2. The number of rotatable bonds is 4. The lowest BCUT2D eigenvalue weighted by Gasteiger charge is -2.31. The molecule has 4 heteroatoms. The zero-order chi connectivity index (χ0) is 13.8. The average Bonchev–Trinajstić information content (AvgIpc) is 3.31. The van der Waals surface area contributed by atoms with Crippen molar-refractivity contribution in [3.63, 3.8) is 0 Å². The van der Waals surface area contributed by atoms with Crippen LogP contribution in [0.4, 0.5) is 0 Å². The van der Waals surface area contributed by atoms with Gasteiger partial charge >= 0.3 is 0 Å². The van der Waals surface area contributed by atoms with Crippen molar-refractivity contribution in [3.8, 4) is 0 Å². The number of thiocarbonyl (C=S) groups is 1. The van der Waals surface area contributed by atoms with E-state index >= 15 is 0 Å². The SMILES string of the molecule is S=C(NC1CCCCC1)N(Cc1ccncc1)C1CC1. The first kappa shape index (κ1) is 13.8. The normalized spacial score (nSPS) is 19.6. The molecule has 0 saturated heterocycles. The minimum absolute atomic E-state index is 0.593. The van der Waals surface area contributed by atoms with Crippen LogP contribution >= 0.6 is 12.2 Å². The van der Waals surface area contributed by atoms with Crippen molar-refractivity contribution >= 4 is 17.3 Å². The molecule has 20 heavy (non-hydrogen) atoms. The van der Waals surface area contributed by atoms with Crippen molar-refractivity contribution in [2.24, 2.45) is 0 Å². The number of pyridine rings is 1. The zero-order valence-electron chi connectivity index (χ0n) is 11.9. The Bertz CT molecular complexity index is 438. The molecule has 108 valence electrons. The van der Waals surface area contributed by atoms with E-state index in [0.717, 1.165) is 11.7 Å². The lowest BCUT2D eigenvalue weighted by Crippen LogP contribution is -2.45. The van der Waals surface area contributed by atoms with E-state index in [2.05, 4.69) is 27.3 Å². The number of aromatic nitrogens is 1. The van der Waals surface area contributed by atoms with E-state index in [0.29, 0.717) is 12.1 Å². The third kappa shape index (κ3) is 3.69. The average molecular weight is 289 g/mol. The molecule has 0 aromatic carbocycles. The van der Waals surface area contributed by atoms with Gasteiger partial charge in [-0.15, -0.1) is 0 Å². The summed E-state index contributed by atoms with van der Waals surface area (Å²) < 4.78 is 0. The first-order valence-corrected chi connectivity index (χ1v) is 8.20. The molecule has 0 radical (unpaired) electrons. The molecule has 3 nitrogen and oxygen atoms in total. The van der Waals surface area contributed by atoms with E-state index < -0.39 is 0 Å². The van der Waals surface area contributed by atoms with Crippen molar-refractivity contribution in [1.82, 2.24) is 15.2 Å². The molecule has 0 amide bonds. The van der Waals surface area contributed by atoms with E-state index in [9.17, 15) is 0 Å². The molecule has 2 aliphatic carbocycles. The van der Waals surface area contributed by atoms with Gasteiger partial charge in [0.25, 0.3) is 0 Å². The predicted molar refractivity (Wildman–Crippen MR) is 85.4 cm³/mol. The van der Waals surface area contributed by atoms with Crippen LogP contribution in [0.1, 0.15) is 50.5 Å². The van der Waals surface area contributed by atoms with Crippen LogP contribution in [-0.4, -0.2) is 27.1 Å². The van der Waals surface area contributed by atoms with Gasteiger partial charge in [0, 0.05) is 31.0 Å². The molecule has 2 saturated carbocycles. The van der Waals surface area contributed by atoms with Crippen LogP contribution < -0.4 is 5.32 Å². The molecule has 3 rings (SSSR count). The Morgan fingerprint density at radius 3 is 2.50 bits per heavy atom. The van der Waals surface area contributed by atoms with Crippen LogP contribution in [0, 0.1) is 0 Å². The van der Waals surface area contributed by atoms with Crippen LogP contribution in [0.2, 0.25) is 0 Å². The number of hydrogen-bond acceptors (Lipinski definition) is 2. The van der Waals surface area contributed by atoms with Crippen LogP contribution in [0.15, 0.2) is 24.5 Å². The topological polar surface area (TPSA) is 28.2 Å². The maximum atomic E-state index is 5.67. The highest BCUT2D eigenvalue weighted by Gasteiger charge is 2.31. The fourth-order valence-corrected chi connectivity index (χ4v) is 3.32. The molecular formula is C16H23N3S. The van der Waals surface area contributed by atoms with E-state index in [1.54, 1.807) is 0 Å². The van der Waals surface area contributed by atoms with Gasteiger partial charge in [-0.2, -0.15) is 0 Å². The first-order valence-electron chi connectivity index (χ1n) is 7.79. The monoisotopic (exact) mass is 289 g/mol. The smallest absolute Gasteiger partial charge is 0.169 e. The summed E-state index contributed by atoms with van der Waals surface area (Å²) in [5, 5.41) is 4.56. The Morgan fingerprint density at radius 1 is 1.15 bits per heavy atom. The van der Waals surface area contributed by atoms with Gasteiger partial charge < -0.3 is 10.2 Å². The Hall–Kier alpha value is -1.16. The van der Waals surface area contributed by atoms with E-state index in [1.807, 2.05) is 12.4 Å². The lowest BCUT2D eigenvalue weighted by atomic mass is 9.96. The first-order chi connectivity index (χ1) is 9.83. The van der Waals surface area contributed by atoms with Crippen molar-refractivity contribution in [2.45, 2.75) is 63.6 Å². The lowest BCUT2D eigenvalue weighted by molar-refractivity contribution is 0.361. The summed E-state index contributed by atoms with van der Waals surface area (Å²) in [7, 11) is 0. The summed E-state index contributed by atoms with van der Waals surface area (Å²) in [4.78, 5) is 6.46. The van der Waals surface area contributed by atoms with Gasteiger partial charge in [0.1, 0.15) is 0 Å². The van der Waals surface area contributed by atoms with Gasteiger partial charge in [0.05, 0.1) is 0 Å². The summed E-state index contributed by atoms with van der Waals surface area (Å²) in [6, 6.07) is 5.40. The van der Waals surface area contributed by atoms with E-state index in [1.165, 1.54) is 50.5 Å². The standard InChI is InChI=1S/C16H23N3S/c20-16(18-14-4-2-1-3-5-14)19(15-6-7-15)12-13-8-10-17-11-9-13/h8-11,14-15H,1-7,12H2,(H,18,20). The van der Waals surface area contributed by atoms with Crippen molar-refractivity contribution in [1.29, 1.82) is 0 Å². The van der Waals surface area contributed by atoms with Crippen molar-refractivity contribution in [3.05, 3.63) is 30.1 Å². The molecule has 2 fully saturated rings. The highest BCUT2D eigenvalue weighted by Crippen LogP contribution is 2.29. The summed E-state index contributed by atoms with van der Waals surface area (Å²) in [6.07, 6.45) is 12.9. The summed E-state index contributed by atoms with van der Waals surface area (Å²) in [5.74, 6) is 0. The van der Waals surface area contributed by atoms with Gasteiger partial charge in [0.2, 0.25) is 0 Å². The predicted octanol–water partition coefficient (Wildman–Crippen LogP) is 3.25. The number of hydrogen-bond donors (Lipinski definition) is 1. The minimum Gasteiger partial charge on any atom is -0.360 e. The molecule has 0 unspecified atom stereocenters. The molecule has 0 spiro atoms. The summed E-state index contributed by atoms with van der Waals surface area (Å²) >= 11 is 5.67. The van der Waals surface area contributed by atoms with Crippen LogP contribution in [0.25, 0.3) is 0 Å². The highest BCUT2D eigenvalue weighted by molar-refractivity contribution is 7.80. The fraction of sp³-hybridized carbons (Fsp3) is 0.625. The second-order valence-corrected chi connectivity index (χ2v) is 6.39. The van der Waals surface area contributed by atoms with E-state index in [-0.39, 0.29) is 0 Å². The molecule has 1 aromatic rings. The third-order valence-corrected chi connectivity index (χ3v) is 4.64. The Kier molecular flexibility index (Phi) is 4.51. The second kappa shape index (κ2) is 6.53. The summed E-state index contributed by atoms with van der Waals surface area (Å²) in [5.41, 5.74) is 1.29. The Labute approximate surface area is 126 Å². The highest BCUT2D eigenvalue weighted by atomic mass is 32.1. The second-order valence-electron chi connectivity index (χ2n) is 6.00. The molecule has 1 heterocycles. The molecule has 0 aliphatic heterocycles. The maximum absolute atomic E-state index is 5.67. The molecule has 0 atom stereocenters. The van der Waals surface area contributed by atoms with Crippen molar-refractivity contribution < 1.29 is 0 Å². The fourth-order valence-electron chi connectivity index (χ4n) is 2.94. The molecular weight excluding hydrogens is 266 g/mol. The molecule has 0 bridgehead atoms. The molecule has 1 N–H and O–H groups in total. The zero-order valence-corrected chi connectivity index (χ0v) is 12.7.